The minimum atomic E-state index is -0.0325. The third-order valence-electron chi connectivity index (χ3n) is 4.01. The van der Waals surface area contributed by atoms with Gasteiger partial charge in [0.1, 0.15) is 0 Å². The summed E-state index contributed by atoms with van der Waals surface area (Å²) in [5.41, 5.74) is 1.75. The second-order valence-electron chi connectivity index (χ2n) is 5.34. The molecule has 0 aromatic heterocycles. The summed E-state index contributed by atoms with van der Waals surface area (Å²) in [6, 6.07) is 8.08. The molecule has 1 fully saturated rings. The lowest BCUT2D eigenvalue weighted by molar-refractivity contribution is 0.0604. The Hall–Kier alpha value is -1.38. The zero-order valence-electron chi connectivity index (χ0n) is 12.5. The van der Waals surface area contributed by atoms with Gasteiger partial charge in [-0.2, -0.15) is 5.26 Å². The molecule has 1 saturated heterocycles. The van der Waals surface area contributed by atoms with Crippen LogP contribution in [-0.2, 0) is 0 Å². The van der Waals surface area contributed by atoms with E-state index in [1.54, 1.807) is 0 Å². The van der Waals surface area contributed by atoms with Crippen molar-refractivity contribution in [3.8, 4) is 6.07 Å². The van der Waals surface area contributed by atoms with Crippen molar-refractivity contribution in [3.63, 3.8) is 0 Å². The number of rotatable bonds is 3. The van der Waals surface area contributed by atoms with Crippen LogP contribution >= 0.6 is 15.9 Å². The lowest BCUT2D eigenvalue weighted by Gasteiger charge is -2.36. The summed E-state index contributed by atoms with van der Waals surface area (Å²) < 4.78 is 0.922. The first kappa shape index (κ1) is 16.0. The Balaban J connectivity index is 2.04. The number of carbonyl (C=O) groups excluding carboxylic acids is 1. The average Bonchev–Trinajstić information content (AvgIpc) is 2.51. The van der Waals surface area contributed by atoms with Crippen LogP contribution in [0.2, 0.25) is 0 Å². The number of hydrogen-bond acceptors (Lipinski definition) is 3. The van der Waals surface area contributed by atoms with Crippen molar-refractivity contribution in [3.05, 3.63) is 33.8 Å². The van der Waals surface area contributed by atoms with Crippen molar-refractivity contribution in [2.45, 2.75) is 26.3 Å². The summed E-state index contributed by atoms with van der Waals surface area (Å²) in [6.45, 7) is 6.89. The van der Waals surface area contributed by atoms with Crippen molar-refractivity contribution in [1.82, 2.24) is 9.80 Å². The van der Waals surface area contributed by atoms with Gasteiger partial charge in [0.2, 0.25) is 0 Å². The molecule has 1 amide bonds. The monoisotopic (exact) mass is 349 g/mol. The molecule has 0 N–H and O–H groups in total. The standard InChI is InChI=1S/C16H20BrN3O/c1-3-14(11-18)19-6-8-20(9-7-19)16(21)15-10-13(17)5-4-12(15)2/h4-5,10,14H,3,6-9H2,1-2H3. The number of halogens is 1. The Bertz CT molecular complexity index is 559. The molecule has 1 atom stereocenters. The minimum absolute atomic E-state index is 0.0325. The van der Waals surface area contributed by atoms with Crippen LogP contribution in [-0.4, -0.2) is 47.9 Å². The molecule has 1 heterocycles. The predicted molar refractivity (Wildman–Crippen MR) is 86.0 cm³/mol. The average molecular weight is 350 g/mol. The zero-order chi connectivity index (χ0) is 15.4. The summed E-state index contributed by atoms with van der Waals surface area (Å²) in [5, 5.41) is 9.12. The highest BCUT2D eigenvalue weighted by atomic mass is 79.9. The predicted octanol–water partition coefficient (Wildman–Crippen LogP) is 2.82. The van der Waals surface area contributed by atoms with Gasteiger partial charge < -0.3 is 4.90 Å². The van der Waals surface area contributed by atoms with E-state index < -0.39 is 0 Å². The maximum absolute atomic E-state index is 12.6. The number of amides is 1. The van der Waals surface area contributed by atoms with E-state index in [1.165, 1.54) is 0 Å². The van der Waals surface area contributed by atoms with E-state index in [0.717, 1.165) is 35.1 Å². The lowest BCUT2D eigenvalue weighted by atomic mass is 10.1. The van der Waals surface area contributed by atoms with Crippen LogP contribution in [0.25, 0.3) is 0 Å². The van der Waals surface area contributed by atoms with Crippen LogP contribution in [0.1, 0.15) is 29.3 Å². The van der Waals surface area contributed by atoms with Gasteiger partial charge in [-0.15, -0.1) is 0 Å². The minimum Gasteiger partial charge on any atom is -0.336 e. The molecule has 1 aliphatic rings. The molecule has 1 aromatic carbocycles. The Kier molecular flexibility index (Phi) is 5.38. The van der Waals surface area contributed by atoms with Crippen LogP contribution in [0.3, 0.4) is 0 Å². The van der Waals surface area contributed by atoms with Gasteiger partial charge in [-0.3, -0.25) is 9.69 Å². The summed E-state index contributed by atoms with van der Waals surface area (Å²) in [6.07, 6.45) is 0.829. The fraction of sp³-hybridized carbons (Fsp3) is 0.500. The quantitative estimate of drug-likeness (QED) is 0.842. The smallest absolute Gasteiger partial charge is 0.254 e. The molecule has 4 nitrogen and oxygen atoms in total. The van der Waals surface area contributed by atoms with Crippen molar-refractivity contribution in [2.75, 3.05) is 26.2 Å². The number of nitriles is 1. The number of carbonyl (C=O) groups is 1. The third kappa shape index (κ3) is 3.63. The molecule has 0 bridgehead atoms. The number of hydrogen-bond donors (Lipinski definition) is 0. The zero-order valence-corrected chi connectivity index (χ0v) is 14.1. The molecule has 0 aliphatic carbocycles. The van der Waals surface area contributed by atoms with Crippen LogP contribution in [0.5, 0.6) is 0 Å². The van der Waals surface area contributed by atoms with Gasteiger partial charge in [-0.05, 0) is 31.0 Å². The first-order valence-electron chi connectivity index (χ1n) is 7.26. The SMILES string of the molecule is CCC(C#N)N1CCN(C(=O)c2cc(Br)ccc2C)CC1. The highest BCUT2D eigenvalue weighted by Crippen LogP contribution is 2.19. The van der Waals surface area contributed by atoms with E-state index in [2.05, 4.69) is 26.9 Å². The van der Waals surface area contributed by atoms with E-state index in [9.17, 15) is 4.79 Å². The van der Waals surface area contributed by atoms with Gasteiger partial charge in [-0.25, -0.2) is 0 Å². The molecule has 0 radical (unpaired) electrons. The highest BCUT2D eigenvalue weighted by Gasteiger charge is 2.26. The summed E-state index contributed by atoms with van der Waals surface area (Å²) >= 11 is 3.42. The fourth-order valence-electron chi connectivity index (χ4n) is 2.66. The van der Waals surface area contributed by atoms with Gasteiger partial charge >= 0.3 is 0 Å². The van der Waals surface area contributed by atoms with Gasteiger partial charge in [-0.1, -0.05) is 28.9 Å². The molecule has 1 aliphatic heterocycles. The second kappa shape index (κ2) is 7.06. The molecule has 0 spiro atoms. The number of benzene rings is 1. The van der Waals surface area contributed by atoms with Crippen molar-refractivity contribution >= 4 is 21.8 Å². The van der Waals surface area contributed by atoms with E-state index in [-0.39, 0.29) is 11.9 Å². The molecular weight excluding hydrogens is 330 g/mol. The molecule has 1 unspecified atom stereocenters. The van der Waals surface area contributed by atoms with Crippen LogP contribution in [0, 0.1) is 18.3 Å². The topological polar surface area (TPSA) is 47.3 Å². The van der Waals surface area contributed by atoms with Gasteiger partial charge in [0.25, 0.3) is 5.91 Å². The van der Waals surface area contributed by atoms with E-state index in [4.69, 9.17) is 5.26 Å². The van der Waals surface area contributed by atoms with Crippen LogP contribution in [0.4, 0.5) is 0 Å². The van der Waals surface area contributed by atoms with Crippen molar-refractivity contribution in [2.24, 2.45) is 0 Å². The molecular formula is C16H20BrN3O. The van der Waals surface area contributed by atoms with Crippen LogP contribution < -0.4 is 0 Å². The molecule has 21 heavy (non-hydrogen) atoms. The maximum Gasteiger partial charge on any atom is 0.254 e. The van der Waals surface area contributed by atoms with E-state index in [1.807, 2.05) is 36.9 Å². The largest absolute Gasteiger partial charge is 0.336 e. The molecule has 2 rings (SSSR count). The summed E-state index contributed by atoms with van der Waals surface area (Å²) in [4.78, 5) is 16.7. The first-order chi connectivity index (χ1) is 10.1. The van der Waals surface area contributed by atoms with Gasteiger partial charge in [0.15, 0.2) is 0 Å². The first-order valence-corrected chi connectivity index (χ1v) is 8.05. The van der Waals surface area contributed by atoms with Crippen molar-refractivity contribution in [1.29, 1.82) is 5.26 Å². The normalized spacial score (nSPS) is 17.3. The van der Waals surface area contributed by atoms with Crippen molar-refractivity contribution < 1.29 is 4.79 Å². The molecule has 1 aromatic rings. The molecule has 0 saturated carbocycles. The Morgan fingerprint density at radius 2 is 2.05 bits per heavy atom. The highest BCUT2D eigenvalue weighted by molar-refractivity contribution is 9.10. The second-order valence-corrected chi connectivity index (χ2v) is 6.26. The Labute approximate surface area is 134 Å². The third-order valence-corrected chi connectivity index (χ3v) is 4.50. The Morgan fingerprint density at radius 3 is 2.62 bits per heavy atom. The van der Waals surface area contributed by atoms with Crippen LogP contribution in [0.15, 0.2) is 22.7 Å². The fourth-order valence-corrected chi connectivity index (χ4v) is 3.02. The van der Waals surface area contributed by atoms with E-state index in [0.29, 0.717) is 13.1 Å². The van der Waals surface area contributed by atoms with E-state index >= 15 is 0 Å². The summed E-state index contributed by atoms with van der Waals surface area (Å²) in [5.74, 6) is 0.0819. The maximum atomic E-state index is 12.6. The molecule has 112 valence electrons. The Morgan fingerprint density at radius 1 is 1.38 bits per heavy atom. The molecule has 5 heteroatoms. The van der Waals surface area contributed by atoms with Gasteiger partial charge in [0, 0.05) is 36.2 Å². The number of nitrogens with zero attached hydrogens (tertiary/aromatic N) is 3. The number of aryl methyl sites for hydroxylation is 1. The lowest BCUT2D eigenvalue weighted by Crippen LogP contribution is -2.51. The number of piperazine rings is 1. The van der Waals surface area contributed by atoms with Gasteiger partial charge in [0.05, 0.1) is 12.1 Å². The summed E-state index contributed by atoms with van der Waals surface area (Å²) in [7, 11) is 0.